The van der Waals surface area contributed by atoms with Gasteiger partial charge >= 0.3 is 0 Å². The van der Waals surface area contributed by atoms with Gasteiger partial charge in [-0.3, -0.25) is 4.79 Å². The van der Waals surface area contributed by atoms with Gasteiger partial charge < -0.3 is 15.6 Å². The molecule has 4 nitrogen and oxygen atoms in total. The lowest BCUT2D eigenvalue weighted by Gasteiger charge is -2.38. The molecule has 168 valence electrons. The molecule has 0 aromatic carbocycles. The summed E-state index contributed by atoms with van der Waals surface area (Å²) < 4.78 is 5.89. The van der Waals surface area contributed by atoms with Gasteiger partial charge in [-0.1, -0.05) is 44.9 Å². The molecule has 0 radical (unpaired) electrons. The van der Waals surface area contributed by atoms with Crippen LogP contribution in [-0.4, -0.2) is 30.6 Å². The third-order valence-corrected chi connectivity index (χ3v) is 7.59. The smallest absolute Gasteiger partial charge is 0.147 e. The summed E-state index contributed by atoms with van der Waals surface area (Å²) in [7, 11) is 0. The highest BCUT2D eigenvalue weighted by molar-refractivity contribution is 5.91. The van der Waals surface area contributed by atoms with Crippen molar-refractivity contribution in [2.75, 3.05) is 19.8 Å². The summed E-state index contributed by atoms with van der Waals surface area (Å²) in [4.78, 5) is 14.0. The molecular formula is C26H41NO3. The summed E-state index contributed by atoms with van der Waals surface area (Å²) in [5.41, 5.74) is 9.51. The second-order valence-electron chi connectivity index (χ2n) is 9.99. The maximum Gasteiger partial charge on any atom is 0.147 e. The zero-order chi connectivity index (χ0) is 21.8. The molecule has 0 aromatic heterocycles. The molecular weight excluding hydrogens is 374 g/mol. The molecule has 0 heterocycles. The minimum Gasteiger partial charge on any atom is -0.498 e. The van der Waals surface area contributed by atoms with Crippen LogP contribution in [0.5, 0.6) is 0 Å². The van der Waals surface area contributed by atoms with Gasteiger partial charge in [-0.25, -0.2) is 0 Å². The Bertz CT molecular complexity index is 705. The number of rotatable bonds is 9. The minimum atomic E-state index is -0.136. The number of ketones is 1. The molecule has 0 bridgehead atoms. The third kappa shape index (κ3) is 4.75. The Kier molecular flexibility index (Phi) is 7.98. The molecule has 3 aliphatic carbocycles. The number of aliphatic hydroxyl groups is 1. The molecule has 0 aromatic rings. The van der Waals surface area contributed by atoms with E-state index >= 15 is 0 Å². The summed E-state index contributed by atoms with van der Waals surface area (Å²) in [5.74, 6) is 3.19. The largest absolute Gasteiger partial charge is 0.498 e. The molecule has 5 atom stereocenters. The van der Waals surface area contributed by atoms with Crippen molar-refractivity contribution in [3.63, 3.8) is 0 Å². The second kappa shape index (κ2) is 10.3. The number of hydrogen-bond acceptors (Lipinski definition) is 4. The highest BCUT2D eigenvalue weighted by atomic mass is 16.5. The Morgan fingerprint density at radius 3 is 2.77 bits per heavy atom. The zero-order valence-corrected chi connectivity index (χ0v) is 19.2. The fourth-order valence-electron chi connectivity index (χ4n) is 5.99. The van der Waals surface area contributed by atoms with Crippen LogP contribution in [0, 0.1) is 35.5 Å². The number of allylic oxidation sites excluding steroid dienone is 5. The van der Waals surface area contributed by atoms with Crippen LogP contribution in [0.4, 0.5) is 0 Å². The average Bonchev–Trinajstić information content (AvgIpc) is 2.99. The molecule has 0 amide bonds. The van der Waals surface area contributed by atoms with Gasteiger partial charge in [-0.05, 0) is 61.6 Å². The van der Waals surface area contributed by atoms with Gasteiger partial charge in [0.05, 0.1) is 18.3 Å². The van der Waals surface area contributed by atoms with E-state index in [0.29, 0.717) is 43.1 Å². The van der Waals surface area contributed by atoms with Crippen molar-refractivity contribution in [1.82, 2.24) is 0 Å². The van der Waals surface area contributed by atoms with Crippen LogP contribution in [0.25, 0.3) is 0 Å². The van der Waals surface area contributed by atoms with Crippen LogP contribution < -0.4 is 5.73 Å². The molecule has 0 spiro atoms. The average molecular weight is 416 g/mol. The topological polar surface area (TPSA) is 72.6 Å². The number of aliphatic hydroxyl groups excluding tert-OH is 1. The lowest BCUT2D eigenvalue weighted by atomic mass is 9.65. The molecule has 3 N–H and O–H groups in total. The van der Waals surface area contributed by atoms with Gasteiger partial charge in [0.2, 0.25) is 0 Å². The minimum absolute atomic E-state index is 0.136. The first-order valence-electron chi connectivity index (χ1n) is 12.0. The Morgan fingerprint density at radius 1 is 1.33 bits per heavy atom. The molecule has 1 saturated carbocycles. The number of ether oxygens (including phenoxy) is 1. The SMILES string of the molecule is C=C1C(CCN)C2=C(CCC(OCCCO)=C2)C1C(=O)[C@@H]1CC(C)CC[C@H]1C(C)C. The molecule has 4 heteroatoms. The van der Waals surface area contributed by atoms with Crippen molar-refractivity contribution in [3.8, 4) is 0 Å². The van der Waals surface area contributed by atoms with E-state index in [2.05, 4.69) is 33.4 Å². The fourth-order valence-corrected chi connectivity index (χ4v) is 5.99. The van der Waals surface area contributed by atoms with E-state index in [1.54, 1.807) is 0 Å². The van der Waals surface area contributed by atoms with E-state index < -0.39 is 0 Å². The standard InChI is InChI=1S/C26H41NO3/c1-16(2)20-8-6-17(3)14-24(20)26(29)25-18(4)21(10-11-27)23-15-19(7-9-22(23)25)30-13-5-12-28/h15-17,20-21,24-25,28H,4-14,27H2,1-3H3/t17?,20-,21?,24+,25?/m0/s1. The number of carbonyl (C=O) groups is 1. The summed E-state index contributed by atoms with van der Waals surface area (Å²) in [5, 5.41) is 9.02. The maximum absolute atomic E-state index is 14.0. The van der Waals surface area contributed by atoms with Crippen LogP contribution in [0.3, 0.4) is 0 Å². The lowest BCUT2D eigenvalue weighted by Crippen LogP contribution is -2.37. The van der Waals surface area contributed by atoms with Gasteiger partial charge in [0, 0.05) is 31.3 Å². The van der Waals surface area contributed by atoms with E-state index in [0.717, 1.165) is 43.4 Å². The maximum atomic E-state index is 14.0. The molecule has 30 heavy (non-hydrogen) atoms. The van der Waals surface area contributed by atoms with Crippen LogP contribution in [0.2, 0.25) is 0 Å². The predicted molar refractivity (Wildman–Crippen MR) is 122 cm³/mol. The van der Waals surface area contributed by atoms with E-state index in [1.165, 1.54) is 17.6 Å². The quantitative estimate of drug-likeness (QED) is 0.419. The number of carbonyl (C=O) groups excluding carboxylic acids is 1. The van der Waals surface area contributed by atoms with Gasteiger partial charge in [0.25, 0.3) is 0 Å². The van der Waals surface area contributed by atoms with Crippen molar-refractivity contribution in [2.45, 2.75) is 65.7 Å². The molecule has 1 fully saturated rings. The van der Waals surface area contributed by atoms with Crippen molar-refractivity contribution in [2.24, 2.45) is 41.2 Å². The first-order valence-corrected chi connectivity index (χ1v) is 12.0. The predicted octanol–water partition coefficient (Wildman–Crippen LogP) is 4.79. The molecule has 3 rings (SSSR count). The van der Waals surface area contributed by atoms with Crippen molar-refractivity contribution in [1.29, 1.82) is 0 Å². The van der Waals surface area contributed by atoms with E-state index in [1.807, 2.05) is 0 Å². The lowest BCUT2D eigenvalue weighted by molar-refractivity contribution is -0.129. The molecule has 3 unspecified atom stereocenters. The Morgan fingerprint density at radius 2 is 2.10 bits per heavy atom. The van der Waals surface area contributed by atoms with E-state index in [4.69, 9.17) is 15.6 Å². The number of hydrogen-bond donors (Lipinski definition) is 2. The van der Waals surface area contributed by atoms with Crippen LogP contribution in [0.15, 0.2) is 35.1 Å². The van der Waals surface area contributed by atoms with Crippen LogP contribution in [-0.2, 0) is 9.53 Å². The molecule has 0 saturated heterocycles. The van der Waals surface area contributed by atoms with Crippen LogP contribution in [0.1, 0.15) is 65.7 Å². The highest BCUT2D eigenvalue weighted by Gasteiger charge is 2.45. The normalized spacial score (nSPS) is 31.7. The Labute approximate surface area is 182 Å². The fraction of sp³-hybridized carbons (Fsp3) is 0.731. The third-order valence-electron chi connectivity index (χ3n) is 7.59. The van der Waals surface area contributed by atoms with E-state index in [9.17, 15) is 4.79 Å². The Hall–Kier alpha value is -1.39. The van der Waals surface area contributed by atoms with Gasteiger partial charge in [0.1, 0.15) is 5.78 Å². The van der Waals surface area contributed by atoms with Crippen LogP contribution >= 0.6 is 0 Å². The summed E-state index contributed by atoms with van der Waals surface area (Å²) in [6.45, 7) is 12.5. The van der Waals surface area contributed by atoms with Crippen molar-refractivity contribution >= 4 is 5.78 Å². The zero-order valence-electron chi connectivity index (χ0n) is 19.2. The number of Topliss-reactive ketones (excluding diaryl/α,β-unsaturated/α-hetero) is 1. The Balaban J connectivity index is 1.88. The first kappa shape index (κ1) is 23.3. The molecule has 3 aliphatic rings. The summed E-state index contributed by atoms with van der Waals surface area (Å²) in [6, 6.07) is 0. The summed E-state index contributed by atoms with van der Waals surface area (Å²) >= 11 is 0. The first-order chi connectivity index (χ1) is 14.4. The van der Waals surface area contributed by atoms with E-state index in [-0.39, 0.29) is 24.4 Å². The monoisotopic (exact) mass is 415 g/mol. The number of nitrogens with two attached hydrogens (primary N) is 1. The highest BCUT2D eigenvalue weighted by Crippen LogP contribution is 2.51. The van der Waals surface area contributed by atoms with Crippen molar-refractivity contribution in [3.05, 3.63) is 35.1 Å². The second-order valence-corrected chi connectivity index (χ2v) is 9.99. The van der Waals surface area contributed by atoms with Gasteiger partial charge in [-0.15, -0.1) is 0 Å². The summed E-state index contributed by atoms with van der Waals surface area (Å²) in [6.07, 6.45) is 8.72. The van der Waals surface area contributed by atoms with Crippen molar-refractivity contribution < 1.29 is 14.6 Å². The van der Waals surface area contributed by atoms with Gasteiger partial charge in [-0.2, -0.15) is 0 Å². The van der Waals surface area contributed by atoms with Gasteiger partial charge in [0.15, 0.2) is 0 Å². The molecule has 0 aliphatic heterocycles.